The van der Waals surface area contributed by atoms with Crippen LogP contribution in [0.1, 0.15) is 21.9 Å². The van der Waals surface area contributed by atoms with E-state index in [9.17, 15) is 4.79 Å². The predicted octanol–water partition coefficient (Wildman–Crippen LogP) is 1.74. The Hall–Kier alpha value is -1.75. The molecule has 0 fully saturated rings. The highest BCUT2D eigenvalue weighted by atomic mass is 35.5. The van der Waals surface area contributed by atoms with Gasteiger partial charge in [-0.1, -0.05) is 11.6 Å². The minimum atomic E-state index is -1.14. The monoisotopic (exact) mass is 242 g/mol. The molecule has 1 aromatic rings. The first-order valence-corrected chi connectivity index (χ1v) is 4.77. The van der Waals surface area contributed by atoms with Crippen molar-refractivity contribution in [1.29, 1.82) is 0 Å². The fourth-order valence-corrected chi connectivity index (χ4v) is 1.44. The van der Waals surface area contributed by atoms with Crippen LogP contribution in [0.3, 0.4) is 0 Å². The molecule has 1 heterocycles. The summed E-state index contributed by atoms with van der Waals surface area (Å²) in [5.41, 5.74) is 6.20. The Kier molecular flexibility index (Phi) is 3.73. The molecule has 1 rings (SSSR count). The van der Waals surface area contributed by atoms with Crippen molar-refractivity contribution in [3.8, 4) is 0 Å². The van der Waals surface area contributed by atoms with Crippen molar-refractivity contribution < 1.29 is 14.3 Å². The van der Waals surface area contributed by atoms with E-state index in [0.717, 1.165) is 0 Å². The van der Waals surface area contributed by atoms with Gasteiger partial charge in [0.2, 0.25) is 5.76 Å². The molecule has 0 aliphatic heterocycles. The van der Waals surface area contributed by atoms with Gasteiger partial charge in [0.25, 0.3) is 0 Å². The van der Waals surface area contributed by atoms with Crippen molar-refractivity contribution in [2.45, 2.75) is 6.92 Å². The maximum Gasteiger partial charge on any atom is 0.371 e. The van der Waals surface area contributed by atoms with Crippen molar-refractivity contribution in [3.63, 3.8) is 0 Å². The largest absolute Gasteiger partial charge is 0.475 e. The van der Waals surface area contributed by atoms with Crippen molar-refractivity contribution >= 4 is 23.3 Å². The molecule has 0 unspecified atom stereocenters. The summed E-state index contributed by atoms with van der Waals surface area (Å²) in [6.45, 7) is 1.63. The van der Waals surface area contributed by atoms with E-state index >= 15 is 0 Å². The molecule has 0 aliphatic carbocycles. The second-order valence-electron chi connectivity index (χ2n) is 2.97. The fraction of sp³-hybridized carbons (Fsp3) is 0.200. The maximum absolute atomic E-state index is 10.7. The van der Waals surface area contributed by atoms with Gasteiger partial charge >= 0.3 is 5.97 Å². The van der Waals surface area contributed by atoms with E-state index < -0.39 is 5.97 Å². The van der Waals surface area contributed by atoms with Gasteiger partial charge in [-0.25, -0.2) is 4.79 Å². The summed E-state index contributed by atoms with van der Waals surface area (Å²) in [5, 5.41) is 9.01. The number of nitrogens with two attached hydrogens (primary N) is 1. The van der Waals surface area contributed by atoms with Gasteiger partial charge in [-0.2, -0.15) is 0 Å². The van der Waals surface area contributed by atoms with Gasteiger partial charge in [0, 0.05) is 24.9 Å². The van der Waals surface area contributed by atoms with Crippen molar-refractivity contribution in [2.75, 3.05) is 7.05 Å². The topological polar surface area (TPSA) is 88.8 Å². The molecule has 0 bridgehead atoms. The lowest BCUT2D eigenvalue weighted by Crippen LogP contribution is -2.03. The number of aromatic carboxylic acids is 1. The number of carboxylic acids is 1. The summed E-state index contributed by atoms with van der Waals surface area (Å²) >= 11 is 5.84. The Balaban J connectivity index is 3.27. The zero-order valence-electron chi connectivity index (χ0n) is 8.82. The number of rotatable bonds is 3. The van der Waals surface area contributed by atoms with Crippen LogP contribution in [0.5, 0.6) is 0 Å². The van der Waals surface area contributed by atoms with Gasteiger partial charge in [0.05, 0.1) is 10.7 Å². The molecule has 0 spiro atoms. The van der Waals surface area contributed by atoms with E-state index in [0.29, 0.717) is 17.0 Å². The van der Waals surface area contributed by atoms with Crippen LogP contribution >= 0.6 is 11.6 Å². The van der Waals surface area contributed by atoms with Gasteiger partial charge < -0.3 is 15.3 Å². The minimum Gasteiger partial charge on any atom is -0.475 e. The van der Waals surface area contributed by atoms with Crippen molar-refractivity contribution in [2.24, 2.45) is 10.7 Å². The molecule has 0 amide bonds. The van der Waals surface area contributed by atoms with E-state index in [1.807, 2.05) is 0 Å². The quantitative estimate of drug-likeness (QED) is 0.790. The van der Waals surface area contributed by atoms with Crippen LogP contribution in [0.15, 0.2) is 26.7 Å². The Morgan fingerprint density at radius 3 is 2.69 bits per heavy atom. The minimum absolute atomic E-state index is 0.157. The summed E-state index contributed by atoms with van der Waals surface area (Å²) in [5.74, 6) is -0.870. The number of halogens is 1. The number of nitrogens with zero attached hydrogens (tertiary/aromatic N) is 1. The lowest BCUT2D eigenvalue weighted by molar-refractivity contribution is 0.0661. The van der Waals surface area contributed by atoms with Gasteiger partial charge in [-0.15, -0.1) is 0 Å². The highest BCUT2D eigenvalue weighted by Crippen LogP contribution is 2.20. The van der Waals surface area contributed by atoms with E-state index in [2.05, 4.69) is 4.99 Å². The van der Waals surface area contributed by atoms with Gasteiger partial charge in [0.15, 0.2) is 0 Å². The van der Waals surface area contributed by atoms with E-state index in [-0.39, 0.29) is 10.8 Å². The molecule has 86 valence electrons. The number of hydrogen-bond donors (Lipinski definition) is 2. The molecule has 0 saturated carbocycles. The van der Waals surface area contributed by atoms with Crippen LogP contribution < -0.4 is 5.73 Å². The van der Waals surface area contributed by atoms with Crippen LogP contribution in [0.2, 0.25) is 0 Å². The van der Waals surface area contributed by atoms with E-state index in [1.165, 1.54) is 19.3 Å². The zero-order chi connectivity index (χ0) is 12.3. The van der Waals surface area contributed by atoms with Crippen LogP contribution in [0.4, 0.5) is 0 Å². The van der Waals surface area contributed by atoms with Crippen LogP contribution in [-0.4, -0.2) is 23.8 Å². The molecule has 0 radical (unpaired) electrons. The molecule has 0 atom stereocenters. The average molecular weight is 243 g/mol. The third-order valence-corrected chi connectivity index (χ3v) is 2.28. The fourth-order valence-electron chi connectivity index (χ4n) is 1.26. The normalized spacial score (nSPS) is 12.9. The Morgan fingerprint density at radius 1 is 1.69 bits per heavy atom. The van der Waals surface area contributed by atoms with Gasteiger partial charge in [-0.3, -0.25) is 4.99 Å². The number of carbonyl (C=O) groups is 1. The van der Waals surface area contributed by atoms with Gasteiger partial charge in [0.1, 0.15) is 5.76 Å². The summed E-state index contributed by atoms with van der Waals surface area (Å²) in [6, 6.07) is 1.37. The van der Waals surface area contributed by atoms with Crippen molar-refractivity contribution in [1.82, 2.24) is 0 Å². The molecule has 0 saturated heterocycles. The first kappa shape index (κ1) is 12.3. The van der Waals surface area contributed by atoms with E-state index in [4.69, 9.17) is 26.9 Å². The van der Waals surface area contributed by atoms with Crippen LogP contribution in [-0.2, 0) is 0 Å². The number of furan rings is 1. The highest BCUT2D eigenvalue weighted by molar-refractivity contribution is 6.46. The smallest absolute Gasteiger partial charge is 0.371 e. The first-order chi connectivity index (χ1) is 7.51. The standard InChI is InChI=1S/C10H11ClN2O3/c1-5-6(3-8(16-5)10(14)15)9(13-2)7(11)4-12/h3-4H,12H2,1-2H3,(H,14,15). The Labute approximate surface area is 97.2 Å². The molecule has 16 heavy (non-hydrogen) atoms. The third kappa shape index (κ3) is 2.25. The SMILES string of the molecule is CN=C(C(Cl)=CN)c1cc(C(=O)O)oc1C. The summed E-state index contributed by atoms with van der Waals surface area (Å²) in [7, 11) is 1.54. The van der Waals surface area contributed by atoms with Crippen LogP contribution in [0, 0.1) is 6.92 Å². The average Bonchev–Trinajstić information content (AvgIpc) is 2.62. The maximum atomic E-state index is 10.7. The highest BCUT2D eigenvalue weighted by Gasteiger charge is 2.18. The number of allylic oxidation sites excluding steroid dienone is 1. The Morgan fingerprint density at radius 2 is 2.31 bits per heavy atom. The first-order valence-electron chi connectivity index (χ1n) is 4.40. The molecule has 5 nitrogen and oxygen atoms in total. The molecular weight excluding hydrogens is 232 g/mol. The summed E-state index contributed by atoms with van der Waals surface area (Å²) < 4.78 is 5.05. The molecular formula is C10H11ClN2O3. The molecule has 6 heteroatoms. The van der Waals surface area contributed by atoms with Crippen molar-refractivity contribution in [3.05, 3.63) is 34.4 Å². The number of carboxylic acid groups (broad SMARTS) is 1. The summed E-state index contributed by atoms with van der Waals surface area (Å²) in [6.07, 6.45) is 1.19. The number of hydrogen-bond acceptors (Lipinski definition) is 4. The molecule has 1 aromatic heterocycles. The van der Waals surface area contributed by atoms with Crippen LogP contribution in [0.25, 0.3) is 0 Å². The second kappa shape index (κ2) is 4.85. The van der Waals surface area contributed by atoms with E-state index in [1.54, 1.807) is 6.92 Å². The number of aliphatic imine (C=N–C) groups is 1. The second-order valence-corrected chi connectivity index (χ2v) is 3.38. The molecule has 0 aliphatic rings. The Bertz CT molecular complexity index is 474. The van der Waals surface area contributed by atoms with Gasteiger partial charge in [-0.05, 0) is 6.92 Å². The zero-order valence-corrected chi connectivity index (χ0v) is 9.58. The lowest BCUT2D eigenvalue weighted by Gasteiger charge is -2.01. The molecule has 0 aromatic carbocycles. The lowest BCUT2D eigenvalue weighted by atomic mass is 10.1. The number of aryl methyl sites for hydroxylation is 1. The molecule has 3 N–H and O–H groups in total. The summed E-state index contributed by atoms with van der Waals surface area (Å²) in [4.78, 5) is 14.7. The predicted molar refractivity (Wildman–Crippen MR) is 61.0 cm³/mol. The third-order valence-electron chi connectivity index (χ3n) is 1.98.